The van der Waals surface area contributed by atoms with Crippen molar-refractivity contribution < 1.29 is 18.9 Å². The Bertz CT molecular complexity index is 786. The monoisotopic (exact) mass is 347 g/mol. The molecule has 0 aliphatic heterocycles. The van der Waals surface area contributed by atoms with Gasteiger partial charge in [-0.05, 0) is 36.5 Å². The molecule has 2 rings (SSSR count). The molecule has 124 valence electrons. The molecule has 0 bridgehead atoms. The third-order valence-electron chi connectivity index (χ3n) is 2.82. The van der Waals surface area contributed by atoms with E-state index in [4.69, 9.17) is 21.4 Å². The number of benzene rings is 1. The quantitative estimate of drug-likeness (QED) is 0.371. The summed E-state index contributed by atoms with van der Waals surface area (Å²) in [6.45, 7) is 0. The van der Waals surface area contributed by atoms with Crippen molar-refractivity contribution in [2.45, 2.75) is 0 Å². The molecule has 1 aromatic heterocycles. The zero-order valence-corrected chi connectivity index (χ0v) is 13.3. The number of non-ortho nitro benzene ring substituents is 1. The fourth-order valence-corrected chi connectivity index (χ4v) is 1.96. The first kappa shape index (κ1) is 17.2. The Hall–Kier alpha value is -3.20. The van der Waals surface area contributed by atoms with Crippen LogP contribution in [-0.4, -0.2) is 23.1 Å². The predicted octanol–water partition coefficient (Wildman–Crippen LogP) is 2.72. The Kier molecular flexibility index (Phi) is 5.63. The molecule has 0 unspecified atom stereocenters. The molecule has 0 aliphatic carbocycles. The van der Waals surface area contributed by atoms with Crippen LogP contribution in [0, 0.1) is 10.1 Å². The Labute approximate surface area is 142 Å². The van der Waals surface area contributed by atoms with E-state index in [0.29, 0.717) is 11.4 Å². The first-order chi connectivity index (χ1) is 11.5. The number of hydrogen-bond donors (Lipinski definition) is 2. The molecule has 8 nitrogen and oxygen atoms in total. The minimum Gasteiger partial charge on any atom is -0.494 e. The number of nitrogens with one attached hydrogen (secondary N) is 2. The summed E-state index contributed by atoms with van der Waals surface area (Å²) in [7, 11) is 1.37. The summed E-state index contributed by atoms with van der Waals surface area (Å²) >= 11 is 5.03. The van der Waals surface area contributed by atoms with Crippen LogP contribution in [0.5, 0.6) is 5.75 Å². The van der Waals surface area contributed by atoms with Crippen molar-refractivity contribution in [3.8, 4) is 5.75 Å². The van der Waals surface area contributed by atoms with Crippen molar-refractivity contribution in [1.29, 1.82) is 0 Å². The van der Waals surface area contributed by atoms with E-state index in [9.17, 15) is 14.9 Å². The topological polar surface area (TPSA) is 107 Å². The first-order valence-electron chi connectivity index (χ1n) is 6.65. The maximum absolute atomic E-state index is 11.7. The minimum absolute atomic E-state index is 0.0243. The number of ether oxygens (including phenoxy) is 1. The molecule has 2 aromatic rings. The van der Waals surface area contributed by atoms with E-state index in [-0.39, 0.29) is 16.5 Å². The van der Waals surface area contributed by atoms with Gasteiger partial charge in [0.1, 0.15) is 11.5 Å². The number of thiocarbonyl (C=S) groups is 1. The van der Waals surface area contributed by atoms with Gasteiger partial charge in [-0.25, -0.2) is 0 Å². The van der Waals surface area contributed by atoms with Gasteiger partial charge in [0.2, 0.25) is 5.91 Å². The summed E-state index contributed by atoms with van der Waals surface area (Å²) in [5, 5.41) is 16.0. The number of anilines is 1. The van der Waals surface area contributed by atoms with Gasteiger partial charge in [0.05, 0.1) is 30.1 Å². The Morgan fingerprint density at radius 1 is 1.42 bits per heavy atom. The largest absolute Gasteiger partial charge is 0.494 e. The third kappa shape index (κ3) is 4.65. The van der Waals surface area contributed by atoms with Crippen LogP contribution in [0.3, 0.4) is 0 Å². The van der Waals surface area contributed by atoms with Gasteiger partial charge >= 0.3 is 0 Å². The number of rotatable bonds is 5. The van der Waals surface area contributed by atoms with Crippen molar-refractivity contribution in [3.05, 3.63) is 58.5 Å². The van der Waals surface area contributed by atoms with E-state index in [2.05, 4.69) is 10.6 Å². The summed E-state index contributed by atoms with van der Waals surface area (Å²) in [6.07, 6.45) is 4.24. The lowest BCUT2D eigenvalue weighted by Crippen LogP contribution is -2.32. The minimum atomic E-state index is -0.536. The average molecular weight is 347 g/mol. The molecule has 0 spiro atoms. The summed E-state index contributed by atoms with van der Waals surface area (Å²) in [5.41, 5.74) is 0.275. The zero-order valence-electron chi connectivity index (χ0n) is 12.5. The lowest BCUT2D eigenvalue weighted by atomic mass is 10.2. The fourth-order valence-electron chi connectivity index (χ4n) is 1.75. The van der Waals surface area contributed by atoms with Gasteiger partial charge in [0.15, 0.2) is 5.11 Å². The normalized spacial score (nSPS) is 10.4. The number of carbonyl (C=O) groups is 1. The maximum Gasteiger partial charge on any atom is 0.273 e. The highest BCUT2D eigenvalue weighted by Gasteiger charge is 2.12. The molecule has 9 heteroatoms. The molecule has 1 amide bonds. The van der Waals surface area contributed by atoms with Gasteiger partial charge in [0.25, 0.3) is 5.69 Å². The lowest BCUT2D eigenvalue weighted by Gasteiger charge is -2.11. The maximum atomic E-state index is 11.7. The van der Waals surface area contributed by atoms with Gasteiger partial charge in [-0.15, -0.1) is 0 Å². The van der Waals surface area contributed by atoms with Crippen molar-refractivity contribution in [2.75, 3.05) is 12.4 Å². The van der Waals surface area contributed by atoms with Gasteiger partial charge in [-0.3, -0.25) is 20.2 Å². The van der Waals surface area contributed by atoms with Crippen molar-refractivity contribution >= 4 is 40.7 Å². The second-order valence-corrected chi connectivity index (χ2v) is 4.84. The Morgan fingerprint density at radius 2 is 2.21 bits per heavy atom. The standard InChI is InChI=1S/C15H13N3O5S/c1-22-13-9-10(18(20)21)4-6-12(13)16-15(24)17-14(19)7-5-11-3-2-8-23-11/h2-9H,1H3,(H2,16,17,19,24). The van der Waals surface area contributed by atoms with Gasteiger partial charge in [-0.2, -0.15) is 0 Å². The summed E-state index contributed by atoms with van der Waals surface area (Å²) in [5.74, 6) is 0.303. The van der Waals surface area contributed by atoms with Crippen LogP contribution in [0.1, 0.15) is 5.76 Å². The third-order valence-corrected chi connectivity index (χ3v) is 3.03. The number of nitrogens with zero attached hydrogens (tertiary/aromatic N) is 1. The summed E-state index contributed by atoms with van der Waals surface area (Å²) < 4.78 is 10.1. The van der Waals surface area contributed by atoms with Crippen LogP contribution < -0.4 is 15.4 Å². The van der Waals surface area contributed by atoms with Gasteiger partial charge < -0.3 is 14.5 Å². The fraction of sp³-hybridized carbons (Fsp3) is 0.0667. The first-order valence-corrected chi connectivity index (χ1v) is 7.06. The number of furan rings is 1. The summed E-state index contributed by atoms with van der Waals surface area (Å²) in [6, 6.07) is 7.39. The summed E-state index contributed by atoms with van der Waals surface area (Å²) in [4.78, 5) is 22.0. The van der Waals surface area contributed by atoms with Crippen LogP contribution in [0.25, 0.3) is 6.08 Å². The molecule has 0 saturated carbocycles. The number of methoxy groups -OCH3 is 1. The van der Waals surface area contributed by atoms with Crippen LogP contribution in [0.15, 0.2) is 47.1 Å². The number of amides is 1. The van der Waals surface area contributed by atoms with E-state index in [1.807, 2.05) is 0 Å². The number of carbonyl (C=O) groups excluding carboxylic acids is 1. The van der Waals surface area contributed by atoms with Gasteiger partial charge in [0, 0.05) is 12.1 Å². The number of hydrogen-bond acceptors (Lipinski definition) is 6. The van der Waals surface area contributed by atoms with Crippen molar-refractivity contribution in [2.24, 2.45) is 0 Å². The second-order valence-electron chi connectivity index (χ2n) is 4.43. The molecule has 0 aliphatic rings. The Morgan fingerprint density at radius 3 is 2.83 bits per heavy atom. The van der Waals surface area contributed by atoms with E-state index in [1.54, 1.807) is 12.1 Å². The van der Waals surface area contributed by atoms with E-state index >= 15 is 0 Å². The second kappa shape index (κ2) is 7.88. The highest BCUT2D eigenvalue weighted by Crippen LogP contribution is 2.28. The van der Waals surface area contributed by atoms with Crippen LogP contribution in [0.2, 0.25) is 0 Å². The van der Waals surface area contributed by atoms with E-state index < -0.39 is 10.8 Å². The van der Waals surface area contributed by atoms with E-state index in [1.165, 1.54) is 43.7 Å². The molecule has 0 radical (unpaired) electrons. The number of nitro benzene ring substituents is 1. The molecular weight excluding hydrogens is 334 g/mol. The van der Waals surface area contributed by atoms with Gasteiger partial charge in [-0.1, -0.05) is 0 Å². The lowest BCUT2D eigenvalue weighted by molar-refractivity contribution is -0.384. The molecule has 0 fully saturated rings. The van der Waals surface area contributed by atoms with Crippen LogP contribution in [-0.2, 0) is 4.79 Å². The van der Waals surface area contributed by atoms with Crippen molar-refractivity contribution in [1.82, 2.24) is 5.32 Å². The molecular formula is C15H13N3O5S. The smallest absolute Gasteiger partial charge is 0.273 e. The highest BCUT2D eigenvalue weighted by atomic mass is 32.1. The molecule has 0 saturated heterocycles. The van der Waals surface area contributed by atoms with Crippen LogP contribution in [0.4, 0.5) is 11.4 Å². The Balaban J connectivity index is 1.99. The number of nitro groups is 1. The molecule has 0 atom stereocenters. The molecule has 24 heavy (non-hydrogen) atoms. The molecule has 1 heterocycles. The van der Waals surface area contributed by atoms with Crippen molar-refractivity contribution in [3.63, 3.8) is 0 Å². The zero-order chi connectivity index (χ0) is 17.5. The van der Waals surface area contributed by atoms with E-state index in [0.717, 1.165) is 0 Å². The molecule has 1 aromatic carbocycles. The SMILES string of the molecule is COc1cc([N+](=O)[O-])ccc1NC(=S)NC(=O)C=Cc1ccco1. The van der Waals surface area contributed by atoms with Crippen LogP contribution >= 0.6 is 12.2 Å². The predicted molar refractivity (Wildman–Crippen MR) is 91.8 cm³/mol. The highest BCUT2D eigenvalue weighted by molar-refractivity contribution is 7.80. The average Bonchev–Trinajstić information content (AvgIpc) is 3.06. The molecule has 2 N–H and O–H groups in total.